The Morgan fingerprint density at radius 1 is 1.38 bits per heavy atom. The average Bonchev–Trinajstić information content (AvgIpc) is 3.19. The molecule has 0 unspecified atom stereocenters. The van der Waals surface area contributed by atoms with Crippen LogP contribution in [0.3, 0.4) is 0 Å². The molecule has 2 aromatic rings. The Morgan fingerprint density at radius 2 is 2.11 bits per heavy atom. The number of rotatable bonds is 8. The highest BCUT2D eigenvalue weighted by atomic mass is 32.1. The van der Waals surface area contributed by atoms with E-state index in [1.165, 1.54) is 34.4 Å². The van der Waals surface area contributed by atoms with Crippen LogP contribution in [0.5, 0.6) is 0 Å². The van der Waals surface area contributed by atoms with Crippen molar-refractivity contribution in [2.75, 3.05) is 26.7 Å². The molecule has 0 saturated heterocycles. The van der Waals surface area contributed by atoms with E-state index in [-0.39, 0.29) is 36.7 Å². The Balaban J connectivity index is 2.24. The lowest BCUT2D eigenvalue weighted by Crippen LogP contribution is -2.38. The molecule has 37 heavy (non-hydrogen) atoms. The Kier molecular flexibility index (Phi) is 8.89. The van der Waals surface area contributed by atoms with Gasteiger partial charge in [-0.15, -0.1) is 11.3 Å². The molecule has 3 N–H and O–H groups in total. The number of alkyl halides is 3. The number of allylic oxidation sites excluding steroid dienone is 1. The van der Waals surface area contributed by atoms with Crippen LogP contribution in [0.1, 0.15) is 44.8 Å². The predicted octanol–water partition coefficient (Wildman–Crippen LogP) is 4.85. The summed E-state index contributed by atoms with van der Waals surface area (Å²) in [4.78, 5) is 15.6. The first-order chi connectivity index (χ1) is 17.5. The lowest BCUT2D eigenvalue weighted by molar-refractivity contribution is -0.127. The normalized spacial score (nSPS) is 16.0. The van der Waals surface area contributed by atoms with Gasteiger partial charge in [0.1, 0.15) is 22.5 Å². The van der Waals surface area contributed by atoms with Gasteiger partial charge in [0.05, 0.1) is 6.54 Å². The molecule has 0 bridgehead atoms. The number of hydrogen-bond acceptors (Lipinski definition) is 6. The van der Waals surface area contributed by atoms with Crippen LogP contribution < -0.4 is 10.6 Å². The number of fused-ring (bicyclic) bond motifs is 1. The summed E-state index contributed by atoms with van der Waals surface area (Å²) in [5, 5.41) is 23.0. The van der Waals surface area contributed by atoms with Crippen LogP contribution in [-0.4, -0.2) is 49.4 Å². The van der Waals surface area contributed by atoms with Gasteiger partial charge in [0.2, 0.25) is 5.91 Å². The maximum absolute atomic E-state index is 15.4. The van der Waals surface area contributed by atoms with E-state index in [4.69, 9.17) is 5.41 Å². The Morgan fingerprint density at radius 3 is 2.73 bits per heavy atom. The molecular formula is C26H27F4N5OS. The predicted molar refractivity (Wildman–Crippen MR) is 136 cm³/mol. The molecule has 0 fully saturated rings. The van der Waals surface area contributed by atoms with Gasteiger partial charge in [0.25, 0.3) is 0 Å². The fourth-order valence-corrected chi connectivity index (χ4v) is 5.54. The number of amides is 1. The van der Waals surface area contributed by atoms with E-state index in [1.807, 2.05) is 0 Å². The first-order valence-corrected chi connectivity index (χ1v) is 12.4. The minimum absolute atomic E-state index is 0.0719. The van der Waals surface area contributed by atoms with Crippen molar-refractivity contribution in [3.63, 3.8) is 0 Å². The van der Waals surface area contributed by atoms with Crippen molar-refractivity contribution in [2.45, 2.75) is 32.5 Å². The molecule has 1 atom stereocenters. The van der Waals surface area contributed by atoms with Crippen LogP contribution >= 0.6 is 11.3 Å². The summed E-state index contributed by atoms with van der Waals surface area (Å²) < 4.78 is 56.4. The molecule has 1 aromatic heterocycles. The van der Waals surface area contributed by atoms with E-state index in [1.54, 1.807) is 27.0 Å². The van der Waals surface area contributed by atoms with Crippen molar-refractivity contribution in [1.29, 1.82) is 10.7 Å². The molecule has 0 aliphatic carbocycles. The van der Waals surface area contributed by atoms with Crippen molar-refractivity contribution in [3.8, 4) is 6.07 Å². The number of likely N-dealkylation sites (N-methyl/N-ethyl adjacent to an activating group) is 1. The molecule has 1 amide bonds. The zero-order valence-electron chi connectivity index (χ0n) is 20.6. The summed E-state index contributed by atoms with van der Waals surface area (Å²) in [5.74, 6) is -1.93. The molecular weight excluding hydrogens is 506 g/mol. The number of carbonyl (C=O) groups is 1. The van der Waals surface area contributed by atoms with Crippen molar-refractivity contribution in [3.05, 3.63) is 74.4 Å². The molecule has 0 saturated carbocycles. The fraction of sp³-hybridized carbons (Fsp3) is 0.346. The van der Waals surface area contributed by atoms with Crippen LogP contribution in [0.15, 0.2) is 36.6 Å². The molecule has 2 heterocycles. The van der Waals surface area contributed by atoms with Gasteiger partial charge in [-0.25, -0.2) is 4.39 Å². The smallest absolute Gasteiger partial charge is 0.391 e. The second kappa shape index (κ2) is 11.7. The van der Waals surface area contributed by atoms with Crippen molar-refractivity contribution in [2.24, 2.45) is 0 Å². The quantitative estimate of drug-likeness (QED) is 0.257. The van der Waals surface area contributed by atoms with E-state index in [2.05, 4.69) is 16.7 Å². The molecule has 1 aliphatic heterocycles. The van der Waals surface area contributed by atoms with Crippen LogP contribution in [0.2, 0.25) is 0 Å². The lowest BCUT2D eigenvalue weighted by Gasteiger charge is -2.34. The summed E-state index contributed by atoms with van der Waals surface area (Å²) in [7, 11) is 1.73. The third-order valence-electron chi connectivity index (χ3n) is 6.05. The zero-order valence-corrected chi connectivity index (χ0v) is 21.4. The maximum atomic E-state index is 15.4. The fourth-order valence-electron chi connectivity index (χ4n) is 4.36. The molecule has 1 aromatic carbocycles. The molecule has 6 nitrogen and oxygen atoms in total. The average molecular weight is 534 g/mol. The van der Waals surface area contributed by atoms with Gasteiger partial charge in [-0.2, -0.15) is 18.4 Å². The third-order valence-corrected chi connectivity index (χ3v) is 7.24. The summed E-state index contributed by atoms with van der Waals surface area (Å²) in [6.45, 7) is 4.45. The highest BCUT2D eigenvalue weighted by molar-refractivity contribution is 7.12. The molecule has 11 heteroatoms. The van der Waals surface area contributed by atoms with Crippen LogP contribution in [0, 0.1) is 29.5 Å². The van der Waals surface area contributed by atoms with Gasteiger partial charge in [-0.3, -0.25) is 10.2 Å². The van der Waals surface area contributed by atoms with Crippen molar-refractivity contribution >= 4 is 28.5 Å². The SMILES string of the molecule is CCN/C=C(\C(=N)C(F)(F)F)c1c(F)cccc1[C@@H]1CN(C(=O)/C=C/CNC)Cc2sc(C#N)c(C)c21. The van der Waals surface area contributed by atoms with Gasteiger partial charge >= 0.3 is 6.18 Å². The Bertz CT molecular complexity index is 1290. The van der Waals surface area contributed by atoms with Crippen LogP contribution in [0.25, 0.3) is 5.57 Å². The Hall–Kier alpha value is -3.49. The maximum Gasteiger partial charge on any atom is 0.433 e. The monoisotopic (exact) mass is 533 g/mol. The molecule has 0 radical (unpaired) electrons. The molecule has 1 aliphatic rings. The Labute approximate surface area is 216 Å². The summed E-state index contributed by atoms with van der Waals surface area (Å²) in [5.41, 5.74) is -1.10. The summed E-state index contributed by atoms with van der Waals surface area (Å²) in [6.07, 6.45) is -0.938. The van der Waals surface area contributed by atoms with Gasteiger partial charge in [0.15, 0.2) is 0 Å². The first kappa shape index (κ1) is 28.1. The molecule has 196 valence electrons. The van der Waals surface area contributed by atoms with Crippen LogP contribution in [0.4, 0.5) is 17.6 Å². The number of hydrogen-bond donors (Lipinski definition) is 3. The number of benzene rings is 1. The first-order valence-electron chi connectivity index (χ1n) is 11.6. The van der Waals surface area contributed by atoms with Crippen molar-refractivity contribution in [1.82, 2.24) is 15.5 Å². The van der Waals surface area contributed by atoms with E-state index >= 15 is 4.39 Å². The van der Waals surface area contributed by atoms with Crippen molar-refractivity contribution < 1.29 is 22.4 Å². The minimum Gasteiger partial charge on any atom is -0.391 e. The second-order valence-electron chi connectivity index (χ2n) is 8.43. The van der Waals surface area contributed by atoms with Gasteiger partial charge in [-0.05, 0) is 43.7 Å². The highest BCUT2D eigenvalue weighted by Crippen LogP contribution is 2.44. The number of nitriles is 1. The van der Waals surface area contributed by atoms with Gasteiger partial charge in [0, 0.05) is 53.8 Å². The standard InChI is InChI=1S/C26H27F4N5OS/c1-4-34-12-17(25(32)26(28,29)30)24-16(7-5-8-19(24)27)18-13-35(22(36)9-6-10-33-3)14-21-23(18)15(2)20(11-31)37-21/h5-9,12,18,32-34H,4,10,13-14H2,1-3H3/b9-6+,17-12-,32-25?/t18-/m0/s1. The summed E-state index contributed by atoms with van der Waals surface area (Å²) >= 11 is 1.22. The van der Waals surface area contributed by atoms with E-state index in [0.29, 0.717) is 22.5 Å². The second-order valence-corrected chi connectivity index (χ2v) is 9.53. The van der Waals surface area contributed by atoms with E-state index in [9.17, 15) is 23.2 Å². The van der Waals surface area contributed by atoms with E-state index in [0.717, 1.165) is 17.1 Å². The van der Waals surface area contributed by atoms with E-state index < -0.39 is 29.2 Å². The van der Waals surface area contributed by atoms with Gasteiger partial charge in [-0.1, -0.05) is 18.2 Å². The summed E-state index contributed by atoms with van der Waals surface area (Å²) in [6, 6.07) is 6.11. The lowest BCUT2D eigenvalue weighted by atomic mass is 9.81. The topological polar surface area (TPSA) is 92.0 Å². The number of nitrogens with one attached hydrogen (secondary N) is 3. The highest BCUT2D eigenvalue weighted by Gasteiger charge is 2.40. The minimum atomic E-state index is -5.01. The third kappa shape index (κ3) is 5.92. The van der Waals surface area contributed by atoms with Gasteiger partial charge < -0.3 is 15.5 Å². The number of thiophene rings is 1. The number of carbonyl (C=O) groups excluding carboxylic acids is 1. The molecule has 3 rings (SSSR count). The zero-order chi connectivity index (χ0) is 27.3. The number of nitrogens with zero attached hydrogens (tertiary/aromatic N) is 2. The molecule has 0 spiro atoms. The van der Waals surface area contributed by atoms with Crippen LogP contribution in [-0.2, 0) is 11.3 Å². The number of halogens is 4. The largest absolute Gasteiger partial charge is 0.433 e.